The summed E-state index contributed by atoms with van der Waals surface area (Å²) in [6.45, 7) is 4.92. The van der Waals surface area contributed by atoms with Crippen LogP contribution < -0.4 is 26.2 Å². The van der Waals surface area contributed by atoms with Gasteiger partial charge in [0.05, 0.1) is 113 Å². The van der Waals surface area contributed by atoms with E-state index in [0.717, 1.165) is 49.2 Å². The lowest BCUT2D eigenvalue weighted by molar-refractivity contribution is -0.145. The Morgan fingerprint density at radius 2 is 1.19 bits per heavy atom. The minimum Gasteiger partial charge on any atom is -0.466 e. The number of esters is 1. The van der Waals surface area contributed by atoms with Gasteiger partial charge in [-0.15, -0.1) is 5.10 Å². The van der Waals surface area contributed by atoms with Crippen LogP contribution in [0.15, 0.2) is 109 Å². The lowest BCUT2D eigenvalue weighted by Gasteiger charge is -2.28. The average molecular weight is 1180 g/mol. The molecule has 0 atom stereocenters. The van der Waals surface area contributed by atoms with Crippen molar-refractivity contribution in [3.63, 3.8) is 0 Å². The largest absolute Gasteiger partial charge is 0.466 e. The molecule has 454 valence electrons. The van der Waals surface area contributed by atoms with Gasteiger partial charge < -0.3 is 54.8 Å². The molecule has 5 N–H and O–H groups in total. The maximum atomic E-state index is 14.0. The molecular formula is C62H74N12O12. The van der Waals surface area contributed by atoms with Crippen LogP contribution >= 0.6 is 0 Å². The number of nitrogens with zero attached hydrogens (tertiary/aromatic N) is 7. The Balaban J connectivity index is 0.673. The number of aromatic nitrogens is 4. The van der Waals surface area contributed by atoms with Gasteiger partial charge >= 0.3 is 5.97 Å². The van der Waals surface area contributed by atoms with Crippen LogP contribution in [0.1, 0.15) is 50.5 Å². The van der Waals surface area contributed by atoms with Crippen LogP contribution in [0, 0.1) is 5.41 Å². The molecule has 4 aromatic carbocycles. The third-order valence-corrected chi connectivity index (χ3v) is 14.2. The predicted molar refractivity (Wildman–Crippen MR) is 322 cm³/mol. The van der Waals surface area contributed by atoms with Crippen LogP contribution in [-0.2, 0) is 70.3 Å². The number of carbonyl (C=O) groups excluding carboxylic acids is 7. The van der Waals surface area contributed by atoms with E-state index in [1.807, 2.05) is 96.9 Å². The van der Waals surface area contributed by atoms with Crippen molar-refractivity contribution < 1.29 is 57.2 Å². The maximum absolute atomic E-state index is 14.0. The Kier molecular flexibility index (Phi) is 24.1. The number of para-hydroxylation sites is 3. The van der Waals surface area contributed by atoms with Crippen molar-refractivity contribution >= 4 is 80.4 Å². The molecule has 2 aliphatic rings. The number of fused-ring (bicyclic) bond motifs is 7. The van der Waals surface area contributed by atoms with Crippen molar-refractivity contribution in [2.45, 2.75) is 58.0 Å². The van der Waals surface area contributed by atoms with Crippen LogP contribution in [-0.4, -0.2) is 183 Å². The molecule has 0 spiro atoms. The molecule has 0 aliphatic carbocycles. The van der Waals surface area contributed by atoms with Crippen molar-refractivity contribution in [1.82, 2.24) is 45.7 Å². The standard InChI is InChI=1S/C62H74N12O12/c1-71(32-28-67-60-46-13-4-7-16-49(46)68-50-17-8-5-14-47(50)60)52(63)19-10-34-86-59(81)23-20-53(75)65-29-33-74-62-45-12-3-2-11-44(45)43-73(51-18-9-6-15-48(51)61(62)69-70-74)58(80)24-27-64-55(77)26-35-82-37-39-84-41-42-85-40-38-83-36-30-66-54(76)25-31-72-56(78)21-22-57(72)79/h2-9,11-18,21-22,63H,10,19-20,23-43H2,1H3,(H,64,77)(H,65,75)(H,66,76)(H,67,68). The Bertz CT molecular complexity index is 3300. The molecular weight excluding hydrogens is 1100 g/mol. The van der Waals surface area contributed by atoms with Crippen LogP contribution in [0.25, 0.3) is 44.3 Å². The van der Waals surface area contributed by atoms with Gasteiger partial charge in [0.1, 0.15) is 5.69 Å². The monoisotopic (exact) mass is 1180 g/mol. The number of likely N-dealkylation sites (N-methyl/N-ethyl adjacent to an activating group) is 1. The molecule has 0 saturated heterocycles. The van der Waals surface area contributed by atoms with E-state index in [1.165, 1.54) is 12.2 Å². The zero-order valence-corrected chi connectivity index (χ0v) is 48.4. The number of ether oxygens (including phenoxy) is 5. The van der Waals surface area contributed by atoms with Gasteiger partial charge in [-0.25, -0.2) is 9.67 Å². The number of nitrogens with one attached hydrogen (secondary N) is 5. The summed E-state index contributed by atoms with van der Waals surface area (Å²) in [6, 6.07) is 31.2. The SMILES string of the molecule is CN(CCNc1c2ccccc2nc2ccccc12)C(=N)CCCOC(=O)CCC(=O)NCCn1nnc2c1-c1ccccc1CN(C(=O)CCNC(=O)CCOCCOCCOCCOCCNC(=O)CCN1C(=O)C=CC1=O)c1ccccc1-2. The molecule has 0 radical (unpaired) electrons. The van der Waals surface area contributed by atoms with Crippen LogP contribution in [0.5, 0.6) is 0 Å². The van der Waals surface area contributed by atoms with Crippen LogP contribution in [0.4, 0.5) is 11.4 Å². The molecule has 6 aromatic rings. The zero-order chi connectivity index (χ0) is 60.5. The second kappa shape index (κ2) is 32.9. The molecule has 24 nitrogen and oxygen atoms in total. The molecule has 8 rings (SSSR count). The van der Waals surface area contributed by atoms with E-state index in [2.05, 4.69) is 43.7 Å². The Morgan fingerprint density at radius 1 is 0.593 bits per heavy atom. The predicted octanol–water partition coefficient (Wildman–Crippen LogP) is 4.80. The van der Waals surface area contributed by atoms with E-state index < -0.39 is 17.8 Å². The van der Waals surface area contributed by atoms with E-state index in [1.54, 1.807) is 9.58 Å². The quantitative estimate of drug-likeness (QED) is 0.00892. The smallest absolute Gasteiger partial charge is 0.306 e. The Hall–Kier alpha value is -8.97. The number of amidine groups is 1. The number of imide groups is 1. The van der Waals surface area contributed by atoms with Crippen molar-refractivity contribution in [3.8, 4) is 22.5 Å². The molecule has 86 heavy (non-hydrogen) atoms. The highest BCUT2D eigenvalue weighted by Crippen LogP contribution is 2.41. The number of carbonyl (C=O) groups is 7. The minimum absolute atomic E-state index is 0.0164. The first-order valence-corrected chi connectivity index (χ1v) is 29.0. The number of amides is 6. The number of rotatable bonds is 35. The third-order valence-electron chi connectivity index (χ3n) is 14.2. The minimum atomic E-state index is -0.487. The summed E-state index contributed by atoms with van der Waals surface area (Å²) in [5, 5.41) is 31.7. The van der Waals surface area contributed by atoms with Crippen molar-refractivity contribution in [2.24, 2.45) is 0 Å². The molecule has 4 heterocycles. The highest BCUT2D eigenvalue weighted by atomic mass is 16.6. The van der Waals surface area contributed by atoms with E-state index in [-0.39, 0.29) is 121 Å². The van der Waals surface area contributed by atoms with E-state index in [4.69, 9.17) is 34.1 Å². The van der Waals surface area contributed by atoms with Gasteiger partial charge in [-0.2, -0.15) is 0 Å². The second-order valence-corrected chi connectivity index (χ2v) is 20.2. The summed E-state index contributed by atoms with van der Waals surface area (Å²) in [5.41, 5.74) is 7.17. The van der Waals surface area contributed by atoms with E-state index >= 15 is 0 Å². The molecule has 2 aromatic heterocycles. The summed E-state index contributed by atoms with van der Waals surface area (Å²) in [5.74, 6) is -1.95. The molecule has 0 unspecified atom stereocenters. The van der Waals surface area contributed by atoms with Crippen molar-refractivity contribution in [3.05, 3.63) is 115 Å². The van der Waals surface area contributed by atoms with Gasteiger partial charge in [-0.3, -0.25) is 43.9 Å². The number of benzene rings is 4. The topological polar surface area (TPSA) is 291 Å². The van der Waals surface area contributed by atoms with Gasteiger partial charge in [-0.1, -0.05) is 84.1 Å². The zero-order valence-electron chi connectivity index (χ0n) is 48.4. The lowest BCUT2D eigenvalue weighted by atomic mass is 9.95. The molecule has 0 bridgehead atoms. The van der Waals surface area contributed by atoms with Gasteiger partial charge in [0, 0.05) is 112 Å². The summed E-state index contributed by atoms with van der Waals surface area (Å²) < 4.78 is 29.2. The Morgan fingerprint density at radius 3 is 1.91 bits per heavy atom. The molecule has 0 fully saturated rings. The number of anilines is 2. The fraction of sp³-hybridized carbons (Fsp3) is 0.403. The third kappa shape index (κ3) is 18.3. The van der Waals surface area contributed by atoms with E-state index in [0.29, 0.717) is 81.7 Å². The van der Waals surface area contributed by atoms with E-state index in [9.17, 15) is 33.6 Å². The first-order valence-electron chi connectivity index (χ1n) is 29.0. The highest BCUT2D eigenvalue weighted by Gasteiger charge is 2.29. The number of hydrogen-bond acceptors (Lipinski definition) is 17. The molecule has 6 amide bonds. The number of pyridine rings is 1. The average Bonchev–Trinajstić information content (AvgIpc) is 1.56. The normalized spacial score (nSPS) is 12.5. The van der Waals surface area contributed by atoms with Crippen LogP contribution in [0.3, 0.4) is 0 Å². The summed E-state index contributed by atoms with van der Waals surface area (Å²) >= 11 is 0. The van der Waals surface area contributed by atoms with Crippen LogP contribution in [0.2, 0.25) is 0 Å². The maximum Gasteiger partial charge on any atom is 0.306 e. The first-order chi connectivity index (χ1) is 41.9. The number of hydrogen-bond donors (Lipinski definition) is 5. The molecule has 0 saturated carbocycles. The van der Waals surface area contributed by atoms with Crippen molar-refractivity contribution in [2.75, 3.05) is 116 Å². The fourth-order valence-corrected chi connectivity index (χ4v) is 9.68. The van der Waals surface area contributed by atoms with Crippen molar-refractivity contribution in [1.29, 1.82) is 5.41 Å². The second-order valence-electron chi connectivity index (χ2n) is 20.2. The highest BCUT2D eigenvalue weighted by molar-refractivity contribution is 6.13. The Labute approximate surface area is 498 Å². The molecule has 2 aliphatic heterocycles. The van der Waals surface area contributed by atoms with Gasteiger partial charge in [-0.05, 0) is 30.2 Å². The summed E-state index contributed by atoms with van der Waals surface area (Å²) in [7, 11) is 1.87. The van der Waals surface area contributed by atoms with Gasteiger partial charge in [0.2, 0.25) is 23.6 Å². The lowest BCUT2D eigenvalue weighted by Crippen LogP contribution is -2.35. The molecule has 24 heteroatoms. The fourth-order valence-electron chi connectivity index (χ4n) is 9.68. The van der Waals surface area contributed by atoms with Gasteiger partial charge in [0.25, 0.3) is 11.8 Å². The van der Waals surface area contributed by atoms with Gasteiger partial charge in [0.15, 0.2) is 0 Å². The first kappa shape index (κ1) is 63.1. The summed E-state index contributed by atoms with van der Waals surface area (Å²) in [6.07, 6.45) is 3.29. The summed E-state index contributed by atoms with van der Waals surface area (Å²) in [4.78, 5) is 96.7.